The number of aromatic amines is 1. The van der Waals surface area contributed by atoms with Crippen molar-refractivity contribution in [3.63, 3.8) is 0 Å². The molecule has 0 aliphatic rings. The lowest BCUT2D eigenvalue weighted by Gasteiger charge is -1.99. The number of aryl methyl sites for hydroxylation is 1. The molecule has 0 aliphatic heterocycles. The van der Waals surface area contributed by atoms with Crippen molar-refractivity contribution in [2.45, 2.75) is 13.3 Å². The third-order valence-electron chi connectivity index (χ3n) is 2.99. The van der Waals surface area contributed by atoms with E-state index in [4.69, 9.17) is 5.11 Å². The highest BCUT2D eigenvalue weighted by atomic mass is 32.1. The van der Waals surface area contributed by atoms with E-state index in [0.29, 0.717) is 27.4 Å². The van der Waals surface area contributed by atoms with Gasteiger partial charge in [0.2, 0.25) is 0 Å². The van der Waals surface area contributed by atoms with Crippen LogP contribution in [-0.2, 0) is 6.42 Å². The van der Waals surface area contributed by atoms with Gasteiger partial charge in [0, 0.05) is 12.4 Å². The Kier molecular flexibility index (Phi) is 3.22. The highest BCUT2D eigenvalue weighted by molar-refractivity contribution is 7.20. The van der Waals surface area contributed by atoms with E-state index in [-0.39, 0.29) is 16.9 Å². The van der Waals surface area contributed by atoms with Gasteiger partial charge >= 0.3 is 5.97 Å². The van der Waals surface area contributed by atoms with Crippen molar-refractivity contribution in [2.24, 2.45) is 0 Å². The van der Waals surface area contributed by atoms with E-state index >= 15 is 0 Å². The number of thiophene rings is 1. The van der Waals surface area contributed by atoms with Gasteiger partial charge in [-0.05, 0) is 18.6 Å². The van der Waals surface area contributed by atoms with E-state index in [1.54, 1.807) is 25.4 Å². The first-order valence-electron chi connectivity index (χ1n) is 6.07. The van der Waals surface area contributed by atoms with Crippen molar-refractivity contribution in [3.05, 3.63) is 50.9 Å². The Hall–Kier alpha value is -2.61. The van der Waals surface area contributed by atoms with Crippen LogP contribution in [0, 0.1) is 6.92 Å². The Morgan fingerprint density at radius 2 is 2.10 bits per heavy atom. The van der Waals surface area contributed by atoms with Gasteiger partial charge in [-0.15, -0.1) is 11.3 Å². The highest BCUT2D eigenvalue weighted by Crippen LogP contribution is 2.26. The number of fused-ring (bicyclic) bond motifs is 1. The molecule has 0 radical (unpaired) electrons. The number of nitrogens with zero attached hydrogens (tertiary/aromatic N) is 3. The predicted octanol–water partition coefficient (Wildman–Crippen LogP) is 1.37. The largest absolute Gasteiger partial charge is 0.477 e. The molecule has 106 valence electrons. The number of aromatic carboxylic acids is 1. The fraction of sp³-hybridized carbons (Fsp3) is 0.154. The van der Waals surface area contributed by atoms with Crippen LogP contribution in [0.4, 0.5) is 0 Å². The summed E-state index contributed by atoms with van der Waals surface area (Å²) in [5.41, 5.74) is 0.103. The molecule has 3 heterocycles. The van der Waals surface area contributed by atoms with Gasteiger partial charge in [0.05, 0.1) is 11.8 Å². The van der Waals surface area contributed by atoms with Gasteiger partial charge in [-0.3, -0.25) is 4.79 Å². The van der Waals surface area contributed by atoms with E-state index < -0.39 is 5.97 Å². The summed E-state index contributed by atoms with van der Waals surface area (Å²) in [6, 6.07) is 1.70. The van der Waals surface area contributed by atoms with E-state index in [1.165, 1.54) is 0 Å². The van der Waals surface area contributed by atoms with Crippen LogP contribution in [0.3, 0.4) is 0 Å². The number of nitrogens with one attached hydrogen (secondary N) is 1. The molecule has 0 aromatic carbocycles. The summed E-state index contributed by atoms with van der Waals surface area (Å²) >= 11 is 0.999. The minimum atomic E-state index is -1.05. The summed E-state index contributed by atoms with van der Waals surface area (Å²) in [5.74, 6) is -0.105. The lowest BCUT2D eigenvalue weighted by molar-refractivity contribution is 0.0701. The topological polar surface area (TPSA) is 109 Å². The molecule has 8 heteroatoms. The molecule has 0 spiro atoms. The second kappa shape index (κ2) is 5.06. The lowest BCUT2D eigenvalue weighted by atomic mass is 10.2. The fourth-order valence-corrected chi connectivity index (χ4v) is 3.09. The molecular weight excluding hydrogens is 292 g/mol. The summed E-state index contributed by atoms with van der Waals surface area (Å²) in [6.07, 6.45) is 3.50. The summed E-state index contributed by atoms with van der Waals surface area (Å²) in [4.78, 5) is 38.9. The van der Waals surface area contributed by atoms with Crippen LogP contribution >= 0.6 is 11.3 Å². The van der Waals surface area contributed by atoms with E-state index in [2.05, 4.69) is 19.9 Å². The van der Waals surface area contributed by atoms with Crippen LogP contribution in [0.1, 0.15) is 26.9 Å². The molecule has 0 bridgehead atoms. The molecule has 0 fully saturated rings. The first kappa shape index (κ1) is 13.4. The number of carboxylic acid groups (broad SMARTS) is 1. The number of carbonyl (C=O) groups is 1. The highest BCUT2D eigenvalue weighted by Gasteiger charge is 2.18. The van der Waals surface area contributed by atoms with Crippen LogP contribution in [0.5, 0.6) is 0 Å². The second-order valence-corrected chi connectivity index (χ2v) is 5.39. The Balaban J connectivity index is 2.11. The molecular formula is C13H10N4O3S. The van der Waals surface area contributed by atoms with Crippen molar-refractivity contribution in [2.75, 3.05) is 0 Å². The van der Waals surface area contributed by atoms with Gasteiger partial charge in [0.15, 0.2) is 0 Å². The zero-order valence-electron chi connectivity index (χ0n) is 11.0. The zero-order valence-corrected chi connectivity index (χ0v) is 11.8. The number of hydrogen-bond donors (Lipinski definition) is 2. The van der Waals surface area contributed by atoms with Crippen LogP contribution in [-0.4, -0.2) is 31.0 Å². The van der Waals surface area contributed by atoms with Gasteiger partial charge < -0.3 is 10.1 Å². The Bertz CT molecular complexity index is 886. The van der Waals surface area contributed by atoms with Crippen LogP contribution < -0.4 is 5.56 Å². The van der Waals surface area contributed by atoms with Crippen molar-refractivity contribution in [1.82, 2.24) is 19.9 Å². The van der Waals surface area contributed by atoms with Crippen LogP contribution in [0.2, 0.25) is 0 Å². The normalized spacial score (nSPS) is 10.9. The summed E-state index contributed by atoms with van der Waals surface area (Å²) < 4.78 is 0. The molecule has 0 unspecified atom stereocenters. The molecule has 0 saturated carbocycles. The van der Waals surface area contributed by atoms with Gasteiger partial charge in [-0.1, -0.05) is 0 Å². The van der Waals surface area contributed by atoms with Crippen LogP contribution in [0.15, 0.2) is 23.3 Å². The van der Waals surface area contributed by atoms with Crippen molar-refractivity contribution in [1.29, 1.82) is 0 Å². The minimum absolute atomic E-state index is 0.135. The maximum atomic E-state index is 12.1. The van der Waals surface area contributed by atoms with Crippen LogP contribution in [0.25, 0.3) is 10.2 Å². The maximum Gasteiger partial charge on any atom is 0.346 e. The van der Waals surface area contributed by atoms with Gasteiger partial charge in [0.1, 0.15) is 21.4 Å². The summed E-state index contributed by atoms with van der Waals surface area (Å²) in [5, 5.41) is 9.44. The standard InChI is InChI=1S/C13H10N4O3S/c1-6-9-11(18)16-8(5-7-14-3-2-4-15-7)17-12(9)21-10(6)13(19)20/h2-4H,5H2,1H3,(H,19,20)(H,16,17,18). The second-order valence-electron chi connectivity index (χ2n) is 4.40. The molecule has 3 aromatic rings. The third-order valence-corrected chi connectivity index (χ3v) is 4.16. The molecule has 2 N–H and O–H groups in total. The smallest absolute Gasteiger partial charge is 0.346 e. The number of aromatic nitrogens is 4. The lowest BCUT2D eigenvalue weighted by Crippen LogP contribution is -2.12. The SMILES string of the molecule is Cc1c(C(=O)O)sc2nc(Cc3ncccn3)[nH]c(=O)c12. The molecule has 7 nitrogen and oxygen atoms in total. The molecule has 0 aliphatic carbocycles. The third kappa shape index (κ3) is 2.40. The average molecular weight is 302 g/mol. The maximum absolute atomic E-state index is 12.1. The fourth-order valence-electron chi connectivity index (χ4n) is 2.05. The summed E-state index contributed by atoms with van der Waals surface area (Å²) in [6.45, 7) is 1.61. The number of H-pyrrole nitrogens is 1. The average Bonchev–Trinajstić information content (AvgIpc) is 2.77. The van der Waals surface area contributed by atoms with E-state index in [9.17, 15) is 9.59 Å². The zero-order chi connectivity index (χ0) is 15.0. The van der Waals surface area contributed by atoms with Gasteiger partial charge in [-0.2, -0.15) is 0 Å². The first-order chi connectivity index (χ1) is 10.1. The number of hydrogen-bond acceptors (Lipinski definition) is 6. The van der Waals surface area contributed by atoms with Crippen molar-refractivity contribution >= 4 is 27.5 Å². The molecule has 3 aromatic heterocycles. The molecule has 0 atom stereocenters. The van der Waals surface area contributed by atoms with Gasteiger partial charge in [-0.25, -0.2) is 19.7 Å². The first-order valence-corrected chi connectivity index (χ1v) is 6.89. The Morgan fingerprint density at radius 1 is 1.38 bits per heavy atom. The van der Waals surface area contributed by atoms with Crippen molar-refractivity contribution in [3.8, 4) is 0 Å². The Morgan fingerprint density at radius 3 is 2.76 bits per heavy atom. The predicted molar refractivity (Wildman–Crippen MR) is 76.8 cm³/mol. The number of rotatable bonds is 3. The molecule has 0 amide bonds. The quantitative estimate of drug-likeness (QED) is 0.756. The number of carboxylic acids is 1. The summed E-state index contributed by atoms with van der Waals surface area (Å²) in [7, 11) is 0. The molecule has 0 saturated heterocycles. The van der Waals surface area contributed by atoms with E-state index in [0.717, 1.165) is 11.3 Å². The minimum Gasteiger partial charge on any atom is -0.477 e. The van der Waals surface area contributed by atoms with Gasteiger partial charge in [0.25, 0.3) is 5.56 Å². The van der Waals surface area contributed by atoms with Crippen molar-refractivity contribution < 1.29 is 9.90 Å². The molecule has 21 heavy (non-hydrogen) atoms. The van der Waals surface area contributed by atoms with E-state index in [1.807, 2.05) is 0 Å². The Labute approximate surface area is 122 Å². The molecule has 3 rings (SSSR count). The monoisotopic (exact) mass is 302 g/mol.